The van der Waals surface area contributed by atoms with Crippen LogP contribution in [-0.4, -0.2) is 51.8 Å². The number of methoxy groups -OCH3 is 2. The first kappa shape index (κ1) is 28.4. The SMILES string of the molecule is COc1ccc(CCN2C(=O)/C(=C\c3cn(-c4ccccc4)nc3-c3ccc(OC(C)C)cc3)SC2=S)cc1OC. The van der Waals surface area contributed by atoms with Crippen LogP contribution in [0.1, 0.15) is 25.0 Å². The lowest BCUT2D eigenvalue weighted by atomic mass is 10.1. The van der Waals surface area contributed by atoms with Crippen LogP contribution in [0.15, 0.2) is 83.9 Å². The molecule has 1 fully saturated rings. The maximum Gasteiger partial charge on any atom is 0.266 e. The van der Waals surface area contributed by atoms with Gasteiger partial charge in [0.15, 0.2) is 11.5 Å². The van der Waals surface area contributed by atoms with Crippen LogP contribution in [0.25, 0.3) is 23.0 Å². The molecule has 1 aliphatic rings. The number of carbonyl (C=O) groups excluding carboxylic acids is 1. The Labute approximate surface area is 249 Å². The summed E-state index contributed by atoms with van der Waals surface area (Å²) in [7, 11) is 3.21. The van der Waals surface area contributed by atoms with Crippen molar-refractivity contribution < 1.29 is 19.0 Å². The zero-order valence-electron chi connectivity index (χ0n) is 23.4. The summed E-state index contributed by atoms with van der Waals surface area (Å²) in [5.74, 6) is 2.00. The third-order valence-electron chi connectivity index (χ3n) is 6.50. The number of amides is 1. The molecule has 0 N–H and O–H groups in total. The van der Waals surface area contributed by atoms with Gasteiger partial charge < -0.3 is 14.2 Å². The lowest BCUT2D eigenvalue weighted by Crippen LogP contribution is -2.30. The standard InChI is InChI=1S/C32H31N3O4S2/c1-21(2)39-26-13-11-23(12-14-26)30-24(20-35(33-30)25-8-6-5-7-9-25)19-29-31(36)34(32(40)41-29)17-16-22-10-15-27(37-3)28(18-22)38-4/h5-15,18-21H,16-17H2,1-4H3/b29-19+. The zero-order valence-corrected chi connectivity index (χ0v) is 25.0. The number of hydrogen-bond acceptors (Lipinski definition) is 7. The van der Waals surface area contributed by atoms with Gasteiger partial charge in [0.25, 0.3) is 5.91 Å². The molecule has 41 heavy (non-hydrogen) atoms. The van der Waals surface area contributed by atoms with Gasteiger partial charge in [0.1, 0.15) is 10.1 Å². The Morgan fingerprint density at radius 1 is 0.976 bits per heavy atom. The van der Waals surface area contributed by atoms with Gasteiger partial charge in [0, 0.05) is 23.9 Å². The lowest BCUT2D eigenvalue weighted by molar-refractivity contribution is -0.122. The van der Waals surface area contributed by atoms with Gasteiger partial charge >= 0.3 is 0 Å². The Bertz CT molecular complexity index is 1580. The van der Waals surface area contributed by atoms with Crippen LogP contribution < -0.4 is 14.2 Å². The van der Waals surface area contributed by atoms with E-state index < -0.39 is 0 Å². The fraction of sp³-hybridized carbons (Fsp3) is 0.219. The maximum atomic E-state index is 13.5. The van der Waals surface area contributed by atoms with Gasteiger partial charge in [-0.2, -0.15) is 5.10 Å². The second-order valence-electron chi connectivity index (χ2n) is 9.68. The van der Waals surface area contributed by atoms with Gasteiger partial charge in [0.05, 0.1) is 36.6 Å². The van der Waals surface area contributed by atoms with Crippen molar-refractivity contribution in [3.8, 4) is 34.2 Å². The van der Waals surface area contributed by atoms with E-state index in [4.69, 9.17) is 31.5 Å². The number of carbonyl (C=O) groups is 1. The molecule has 0 aliphatic carbocycles. The van der Waals surface area contributed by atoms with Crippen LogP contribution >= 0.6 is 24.0 Å². The number of rotatable bonds is 10. The third kappa shape index (κ3) is 6.47. The summed E-state index contributed by atoms with van der Waals surface area (Å²) in [5.41, 5.74) is 4.46. The first-order chi connectivity index (χ1) is 19.9. The van der Waals surface area contributed by atoms with Crippen molar-refractivity contribution >= 4 is 40.3 Å². The Morgan fingerprint density at radius 2 is 1.71 bits per heavy atom. The van der Waals surface area contributed by atoms with Crippen molar-refractivity contribution in [1.82, 2.24) is 14.7 Å². The maximum absolute atomic E-state index is 13.5. The molecule has 0 radical (unpaired) electrons. The molecule has 0 spiro atoms. The normalized spacial score (nSPS) is 14.3. The van der Waals surface area contributed by atoms with E-state index in [2.05, 4.69) is 0 Å². The van der Waals surface area contributed by atoms with E-state index in [0.717, 1.165) is 33.8 Å². The predicted molar refractivity (Wildman–Crippen MR) is 168 cm³/mol. The molecule has 1 aromatic heterocycles. The van der Waals surface area contributed by atoms with Crippen LogP contribution in [0, 0.1) is 0 Å². The summed E-state index contributed by atoms with van der Waals surface area (Å²) >= 11 is 6.93. The minimum absolute atomic E-state index is 0.0855. The number of thioether (sulfide) groups is 1. The van der Waals surface area contributed by atoms with Crippen molar-refractivity contribution in [3.63, 3.8) is 0 Å². The molecule has 1 amide bonds. The summed E-state index contributed by atoms with van der Waals surface area (Å²) < 4.78 is 18.9. The molecule has 210 valence electrons. The molecule has 4 aromatic rings. The van der Waals surface area contributed by atoms with Gasteiger partial charge in [-0.15, -0.1) is 0 Å². The third-order valence-corrected chi connectivity index (χ3v) is 7.87. The highest BCUT2D eigenvalue weighted by atomic mass is 32.2. The number of para-hydroxylation sites is 1. The van der Waals surface area contributed by atoms with Crippen molar-refractivity contribution in [2.75, 3.05) is 20.8 Å². The summed E-state index contributed by atoms with van der Waals surface area (Å²) in [4.78, 5) is 15.7. The minimum Gasteiger partial charge on any atom is -0.493 e. The molecular formula is C32H31N3O4S2. The first-order valence-electron chi connectivity index (χ1n) is 13.2. The van der Waals surface area contributed by atoms with Gasteiger partial charge in [-0.1, -0.05) is 48.2 Å². The van der Waals surface area contributed by atoms with Gasteiger partial charge in [0.2, 0.25) is 0 Å². The quantitative estimate of drug-likeness (QED) is 0.150. The Morgan fingerprint density at radius 3 is 2.39 bits per heavy atom. The molecule has 1 saturated heterocycles. The van der Waals surface area contributed by atoms with Crippen molar-refractivity contribution in [3.05, 3.63) is 95.0 Å². The molecule has 0 atom stereocenters. The van der Waals surface area contributed by atoms with Crippen LogP contribution in [0.5, 0.6) is 17.2 Å². The number of ether oxygens (including phenoxy) is 3. The smallest absolute Gasteiger partial charge is 0.266 e. The summed E-state index contributed by atoms with van der Waals surface area (Å²) in [6.07, 6.45) is 4.54. The van der Waals surface area contributed by atoms with Crippen LogP contribution in [0.2, 0.25) is 0 Å². The lowest BCUT2D eigenvalue weighted by Gasteiger charge is -2.15. The molecular weight excluding hydrogens is 555 g/mol. The average molecular weight is 586 g/mol. The molecule has 5 rings (SSSR count). The van der Waals surface area contributed by atoms with Gasteiger partial charge in [-0.05, 0) is 80.4 Å². The van der Waals surface area contributed by atoms with Crippen LogP contribution in [0.3, 0.4) is 0 Å². The van der Waals surface area contributed by atoms with E-state index >= 15 is 0 Å². The van der Waals surface area contributed by atoms with Gasteiger partial charge in [-0.3, -0.25) is 9.69 Å². The van der Waals surface area contributed by atoms with Crippen LogP contribution in [0.4, 0.5) is 0 Å². The van der Waals surface area contributed by atoms with Crippen molar-refractivity contribution in [1.29, 1.82) is 0 Å². The number of thiocarbonyl (C=S) groups is 1. The molecule has 1 aliphatic heterocycles. The largest absolute Gasteiger partial charge is 0.493 e. The summed E-state index contributed by atoms with van der Waals surface area (Å²) in [5, 5.41) is 4.90. The number of aromatic nitrogens is 2. The number of benzene rings is 3. The highest BCUT2D eigenvalue weighted by Gasteiger charge is 2.32. The summed E-state index contributed by atoms with van der Waals surface area (Å²) in [6.45, 7) is 4.46. The predicted octanol–water partition coefficient (Wildman–Crippen LogP) is 6.79. The Kier molecular flexibility index (Phi) is 8.75. The fourth-order valence-electron chi connectivity index (χ4n) is 4.50. The highest BCUT2D eigenvalue weighted by molar-refractivity contribution is 8.26. The van der Waals surface area contributed by atoms with E-state index in [9.17, 15) is 4.79 Å². The van der Waals surface area contributed by atoms with Crippen LogP contribution in [-0.2, 0) is 11.2 Å². The minimum atomic E-state index is -0.112. The van der Waals surface area contributed by atoms with Crippen molar-refractivity contribution in [2.24, 2.45) is 0 Å². The van der Waals surface area contributed by atoms with E-state index in [1.54, 1.807) is 19.1 Å². The second-order valence-corrected chi connectivity index (χ2v) is 11.4. The number of nitrogens with zero attached hydrogens (tertiary/aromatic N) is 3. The van der Waals surface area contributed by atoms with Gasteiger partial charge in [-0.25, -0.2) is 4.68 Å². The monoisotopic (exact) mass is 585 g/mol. The molecule has 7 nitrogen and oxygen atoms in total. The van der Waals surface area contributed by atoms with E-state index in [-0.39, 0.29) is 12.0 Å². The molecule has 9 heteroatoms. The topological polar surface area (TPSA) is 65.8 Å². The molecule has 0 saturated carbocycles. The molecule has 0 bridgehead atoms. The van der Waals surface area contributed by atoms with E-state index in [1.807, 2.05) is 104 Å². The highest BCUT2D eigenvalue weighted by Crippen LogP contribution is 2.36. The Balaban J connectivity index is 1.42. The zero-order chi connectivity index (χ0) is 28.9. The molecule has 0 unspecified atom stereocenters. The Hall–Kier alpha value is -4.08. The average Bonchev–Trinajstić information content (AvgIpc) is 3.52. The molecule has 2 heterocycles. The van der Waals surface area contributed by atoms with Crippen molar-refractivity contribution in [2.45, 2.75) is 26.4 Å². The number of hydrogen-bond donors (Lipinski definition) is 0. The van der Waals surface area contributed by atoms with E-state index in [0.29, 0.717) is 33.7 Å². The summed E-state index contributed by atoms with van der Waals surface area (Å²) in [6, 6.07) is 23.5. The van der Waals surface area contributed by atoms with E-state index in [1.165, 1.54) is 11.8 Å². The fourth-order valence-corrected chi connectivity index (χ4v) is 5.80. The molecule has 3 aromatic carbocycles. The first-order valence-corrected chi connectivity index (χ1v) is 14.5. The second kappa shape index (κ2) is 12.6.